The van der Waals surface area contributed by atoms with E-state index in [0.717, 1.165) is 44.9 Å². The molecule has 0 aromatic rings. The van der Waals surface area contributed by atoms with Crippen LogP contribution in [0, 0.1) is 5.92 Å². The Hall–Kier alpha value is -0.650. The standard InChI is InChI=1S/C15H26N2O3/c18-15(19)9-17(8-11-3-4-11)14-6-13(7-14)16-12-2-1-5-20-10-12/h11-14,16H,1-10H2,(H,18,19). The van der Waals surface area contributed by atoms with Crippen LogP contribution in [0.15, 0.2) is 0 Å². The number of carbonyl (C=O) groups is 1. The van der Waals surface area contributed by atoms with Gasteiger partial charge in [-0.05, 0) is 44.4 Å². The van der Waals surface area contributed by atoms with Crippen LogP contribution in [0.3, 0.4) is 0 Å². The molecule has 5 heteroatoms. The van der Waals surface area contributed by atoms with E-state index in [0.29, 0.717) is 18.1 Å². The van der Waals surface area contributed by atoms with Gasteiger partial charge in [-0.25, -0.2) is 0 Å². The third-order valence-electron chi connectivity index (χ3n) is 4.79. The molecule has 114 valence electrons. The van der Waals surface area contributed by atoms with Crippen LogP contribution in [0.1, 0.15) is 38.5 Å². The number of nitrogens with one attached hydrogen (secondary N) is 1. The number of rotatable bonds is 7. The molecule has 2 aliphatic carbocycles. The van der Waals surface area contributed by atoms with E-state index in [-0.39, 0.29) is 6.54 Å². The average molecular weight is 282 g/mol. The van der Waals surface area contributed by atoms with E-state index in [9.17, 15) is 4.79 Å². The van der Waals surface area contributed by atoms with Gasteiger partial charge in [-0.3, -0.25) is 9.69 Å². The second-order valence-electron chi connectivity index (χ2n) is 6.67. The van der Waals surface area contributed by atoms with E-state index in [1.807, 2.05) is 0 Å². The molecule has 1 unspecified atom stereocenters. The number of nitrogens with zero attached hydrogens (tertiary/aromatic N) is 1. The van der Waals surface area contributed by atoms with Gasteiger partial charge >= 0.3 is 5.97 Å². The van der Waals surface area contributed by atoms with Crippen molar-refractivity contribution < 1.29 is 14.6 Å². The normalized spacial score (nSPS) is 34.0. The zero-order chi connectivity index (χ0) is 13.9. The average Bonchev–Trinajstić information content (AvgIpc) is 3.17. The fourth-order valence-corrected chi connectivity index (χ4v) is 3.38. The lowest BCUT2D eigenvalue weighted by molar-refractivity contribution is -0.139. The summed E-state index contributed by atoms with van der Waals surface area (Å²) < 4.78 is 5.49. The molecular weight excluding hydrogens is 256 g/mol. The molecule has 0 radical (unpaired) electrons. The number of carboxylic acid groups (broad SMARTS) is 1. The van der Waals surface area contributed by atoms with Crippen molar-refractivity contribution in [3.63, 3.8) is 0 Å². The van der Waals surface area contributed by atoms with E-state index in [4.69, 9.17) is 9.84 Å². The molecule has 1 atom stereocenters. The molecule has 0 spiro atoms. The van der Waals surface area contributed by atoms with Crippen molar-refractivity contribution in [2.24, 2.45) is 5.92 Å². The van der Waals surface area contributed by atoms with E-state index in [1.54, 1.807) is 0 Å². The van der Waals surface area contributed by atoms with Crippen LogP contribution in [-0.4, -0.2) is 60.4 Å². The summed E-state index contributed by atoms with van der Waals surface area (Å²) in [4.78, 5) is 13.2. The van der Waals surface area contributed by atoms with Crippen LogP contribution in [0.5, 0.6) is 0 Å². The summed E-state index contributed by atoms with van der Waals surface area (Å²) in [5.41, 5.74) is 0. The minimum Gasteiger partial charge on any atom is -0.480 e. The lowest BCUT2D eigenvalue weighted by Gasteiger charge is -2.44. The zero-order valence-corrected chi connectivity index (χ0v) is 12.1. The molecule has 3 aliphatic rings. The molecule has 0 amide bonds. The quantitative estimate of drug-likeness (QED) is 0.732. The van der Waals surface area contributed by atoms with Crippen molar-refractivity contribution in [2.45, 2.75) is 56.7 Å². The maximum absolute atomic E-state index is 11.0. The molecule has 20 heavy (non-hydrogen) atoms. The fraction of sp³-hybridized carbons (Fsp3) is 0.933. The topological polar surface area (TPSA) is 61.8 Å². The first-order valence-electron chi connectivity index (χ1n) is 8.00. The summed E-state index contributed by atoms with van der Waals surface area (Å²) >= 11 is 0. The highest BCUT2D eigenvalue weighted by Gasteiger charge is 2.37. The van der Waals surface area contributed by atoms with Crippen molar-refractivity contribution in [3.8, 4) is 0 Å². The summed E-state index contributed by atoms with van der Waals surface area (Å²) in [6, 6.07) is 1.53. The number of ether oxygens (including phenoxy) is 1. The van der Waals surface area contributed by atoms with Crippen molar-refractivity contribution in [2.75, 3.05) is 26.3 Å². The Morgan fingerprint density at radius 2 is 2.05 bits per heavy atom. The van der Waals surface area contributed by atoms with Gasteiger partial charge in [0.15, 0.2) is 0 Å². The molecule has 1 saturated heterocycles. The van der Waals surface area contributed by atoms with Gasteiger partial charge in [-0.2, -0.15) is 0 Å². The summed E-state index contributed by atoms with van der Waals surface area (Å²) in [5, 5.41) is 12.7. The second kappa shape index (κ2) is 6.41. The van der Waals surface area contributed by atoms with Gasteiger partial charge in [0, 0.05) is 31.3 Å². The zero-order valence-electron chi connectivity index (χ0n) is 12.1. The van der Waals surface area contributed by atoms with Gasteiger partial charge in [-0.1, -0.05) is 0 Å². The molecule has 0 aromatic carbocycles. The first-order chi connectivity index (χ1) is 9.70. The molecular formula is C15H26N2O3. The van der Waals surface area contributed by atoms with E-state index < -0.39 is 5.97 Å². The van der Waals surface area contributed by atoms with Gasteiger partial charge in [0.1, 0.15) is 0 Å². The lowest BCUT2D eigenvalue weighted by Crippen LogP contribution is -2.57. The van der Waals surface area contributed by atoms with Crippen LogP contribution < -0.4 is 5.32 Å². The minimum absolute atomic E-state index is 0.209. The molecule has 0 bridgehead atoms. The highest BCUT2D eigenvalue weighted by Crippen LogP contribution is 2.34. The predicted molar refractivity (Wildman–Crippen MR) is 75.7 cm³/mol. The number of aliphatic carboxylic acids is 1. The Bertz CT molecular complexity index is 334. The Balaban J connectivity index is 1.40. The Morgan fingerprint density at radius 1 is 1.25 bits per heavy atom. The Morgan fingerprint density at radius 3 is 2.65 bits per heavy atom. The third kappa shape index (κ3) is 3.93. The maximum atomic E-state index is 11.0. The van der Waals surface area contributed by atoms with Crippen LogP contribution in [0.2, 0.25) is 0 Å². The molecule has 0 aromatic heterocycles. The van der Waals surface area contributed by atoms with Crippen molar-refractivity contribution in [1.82, 2.24) is 10.2 Å². The predicted octanol–water partition coefficient (Wildman–Crippen LogP) is 1.08. The van der Waals surface area contributed by atoms with Crippen molar-refractivity contribution in [1.29, 1.82) is 0 Å². The SMILES string of the molecule is O=C(O)CN(CC1CC1)C1CC(NC2CCCOC2)C1. The second-order valence-corrected chi connectivity index (χ2v) is 6.67. The largest absolute Gasteiger partial charge is 0.480 e. The van der Waals surface area contributed by atoms with Gasteiger partial charge in [0.25, 0.3) is 0 Å². The van der Waals surface area contributed by atoms with Crippen LogP contribution in [0.4, 0.5) is 0 Å². The smallest absolute Gasteiger partial charge is 0.317 e. The van der Waals surface area contributed by atoms with Gasteiger partial charge in [0.2, 0.25) is 0 Å². The number of carboxylic acids is 1. The number of hydrogen-bond acceptors (Lipinski definition) is 4. The molecule has 3 rings (SSSR count). The van der Waals surface area contributed by atoms with Crippen molar-refractivity contribution >= 4 is 5.97 Å². The van der Waals surface area contributed by atoms with Crippen LogP contribution in [-0.2, 0) is 9.53 Å². The van der Waals surface area contributed by atoms with Gasteiger partial charge in [-0.15, -0.1) is 0 Å². The maximum Gasteiger partial charge on any atom is 0.317 e. The Labute approximate surface area is 120 Å². The van der Waals surface area contributed by atoms with Gasteiger partial charge < -0.3 is 15.2 Å². The first kappa shape index (κ1) is 14.3. The summed E-state index contributed by atoms with van der Waals surface area (Å²) in [6.45, 7) is 2.93. The number of hydrogen-bond donors (Lipinski definition) is 2. The summed E-state index contributed by atoms with van der Waals surface area (Å²) in [5.74, 6) is 0.0656. The van der Waals surface area contributed by atoms with Crippen LogP contribution >= 0.6 is 0 Å². The minimum atomic E-state index is -0.692. The lowest BCUT2D eigenvalue weighted by atomic mass is 9.84. The first-order valence-corrected chi connectivity index (χ1v) is 8.00. The third-order valence-corrected chi connectivity index (χ3v) is 4.79. The van der Waals surface area contributed by atoms with Crippen molar-refractivity contribution in [3.05, 3.63) is 0 Å². The summed E-state index contributed by atoms with van der Waals surface area (Å²) in [6.07, 6.45) is 7.11. The van der Waals surface area contributed by atoms with E-state index >= 15 is 0 Å². The molecule has 1 heterocycles. The fourth-order valence-electron chi connectivity index (χ4n) is 3.38. The molecule has 2 saturated carbocycles. The van der Waals surface area contributed by atoms with E-state index in [1.165, 1.54) is 19.3 Å². The van der Waals surface area contributed by atoms with Crippen LogP contribution in [0.25, 0.3) is 0 Å². The highest BCUT2D eigenvalue weighted by molar-refractivity contribution is 5.69. The van der Waals surface area contributed by atoms with Gasteiger partial charge in [0.05, 0.1) is 13.2 Å². The molecule has 3 fully saturated rings. The molecule has 5 nitrogen and oxygen atoms in total. The molecule has 2 N–H and O–H groups in total. The molecule has 1 aliphatic heterocycles. The highest BCUT2D eigenvalue weighted by atomic mass is 16.5. The van der Waals surface area contributed by atoms with E-state index in [2.05, 4.69) is 10.2 Å². The Kier molecular flexibility index (Phi) is 4.58. The monoisotopic (exact) mass is 282 g/mol. The summed E-state index contributed by atoms with van der Waals surface area (Å²) in [7, 11) is 0.